The second kappa shape index (κ2) is 7.10. The average molecular weight is 261 g/mol. The Bertz CT molecular complexity index is 503. The van der Waals surface area contributed by atoms with Gasteiger partial charge >= 0.3 is 5.97 Å². The molecule has 0 aliphatic carbocycles. The Morgan fingerprint density at radius 2 is 1.79 bits per heavy atom. The van der Waals surface area contributed by atoms with Crippen LogP contribution in [0.15, 0.2) is 36.4 Å². The summed E-state index contributed by atoms with van der Waals surface area (Å²) in [6.45, 7) is 1.70. The minimum Gasteiger partial charge on any atom is -0.468 e. The molecule has 0 heterocycles. The van der Waals surface area contributed by atoms with Crippen LogP contribution in [0.25, 0.3) is 0 Å². The number of carbonyl (C=O) groups excluding carboxylic acids is 3. The van der Waals surface area contributed by atoms with Crippen molar-refractivity contribution >= 4 is 17.7 Å². The first-order valence-electron chi connectivity index (χ1n) is 5.66. The highest BCUT2D eigenvalue weighted by molar-refractivity contribution is 6.07. The molecule has 5 nitrogen and oxygen atoms in total. The van der Waals surface area contributed by atoms with Gasteiger partial charge in [-0.05, 0) is 13.0 Å². The van der Waals surface area contributed by atoms with E-state index in [0.29, 0.717) is 5.56 Å². The lowest BCUT2D eigenvalue weighted by molar-refractivity contribution is -0.140. The molecule has 0 bridgehead atoms. The topological polar surface area (TPSA) is 72.5 Å². The lowest BCUT2D eigenvalue weighted by Crippen LogP contribution is -2.28. The quantitative estimate of drug-likeness (QED) is 0.488. The van der Waals surface area contributed by atoms with Crippen molar-refractivity contribution in [1.29, 1.82) is 0 Å². The van der Waals surface area contributed by atoms with Crippen LogP contribution in [0.1, 0.15) is 15.9 Å². The van der Waals surface area contributed by atoms with E-state index in [-0.39, 0.29) is 12.3 Å². The summed E-state index contributed by atoms with van der Waals surface area (Å²) in [7, 11) is 1.23. The number of benzene rings is 1. The summed E-state index contributed by atoms with van der Waals surface area (Å²) in [5.41, 5.74) is 1.55. The lowest BCUT2D eigenvalue weighted by Gasteiger charge is -1.99. The number of ether oxygens (including phenoxy) is 1. The number of amides is 1. The van der Waals surface area contributed by atoms with Gasteiger partial charge in [-0.15, -0.1) is 0 Å². The Labute approximate surface area is 111 Å². The molecule has 0 radical (unpaired) electrons. The molecule has 0 atom stereocenters. The zero-order valence-corrected chi connectivity index (χ0v) is 10.8. The van der Waals surface area contributed by atoms with Crippen LogP contribution >= 0.6 is 0 Å². The number of aryl methyl sites for hydroxylation is 1. The molecule has 0 unspecified atom stereocenters. The highest BCUT2D eigenvalue weighted by Crippen LogP contribution is 2.04. The molecule has 0 aliphatic rings. The van der Waals surface area contributed by atoms with Crippen LogP contribution < -0.4 is 5.32 Å². The van der Waals surface area contributed by atoms with Crippen LogP contribution in [0.3, 0.4) is 0 Å². The van der Waals surface area contributed by atoms with Crippen LogP contribution in [0.2, 0.25) is 0 Å². The third-order valence-electron chi connectivity index (χ3n) is 2.36. The van der Waals surface area contributed by atoms with Crippen molar-refractivity contribution in [3.05, 3.63) is 47.5 Å². The number of methoxy groups -OCH3 is 1. The van der Waals surface area contributed by atoms with Crippen molar-refractivity contribution in [3.8, 4) is 0 Å². The van der Waals surface area contributed by atoms with Crippen molar-refractivity contribution in [3.63, 3.8) is 0 Å². The monoisotopic (exact) mass is 261 g/mol. The van der Waals surface area contributed by atoms with E-state index in [1.807, 2.05) is 19.1 Å². The number of esters is 1. The Hall–Kier alpha value is -2.43. The highest BCUT2D eigenvalue weighted by Gasteiger charge is 2.04. The van der Waals surface area contributed by atoms with E-state index >= 15 is 0 Å². The van der Waals surface area contributed by atoms with Gasteiger partial charge in [0.2, 0.25) is 5.91 Å². The summed E-state index contributed by atoms with van der Waals surface area (Å²) in [5, 5.41) is 2.30. The van der Waals surface area contributed by atoms with Crippen LogP contribution in [0, 0.1) is 6.92 Å². The molecule has 0 aromatic heterocycles. The van der Waals surface area contributed by atoms with Gasteiger partial charge in [-0.3, -0.25) is 14.4 Å². The zero-order valence-electron chi connectivity index (χ0n) is 10.8. The molecule has 1 aromatic rings. The molecule has 0 saturated carbocycles. The third-order valence-corrected chi connectivity index (χ3v) is 2.36. The summed E-state index contributed by atoms with van der Waals surface area (Å²) in [6.07, 6.45) is 2.25. The second-order valence-electron chi connectivity index (χ2n) is 3.86. The summed E-state index contributed by atoms with van der Waals surface area (Å²) < 4.78 is 4.36. The molecule has 1 amide bonds. The largest absolute Gasteiger partial charge is 0.468 e. The van der Waals surface area contributed by atoms with E-state index in [1.165, 1.54) is 7.11 Å². The number of carbonyl (C=O) groups is 3. The molecule has 1 rings (SSSR count). The molecule has 0 fully saturated rings. The van der Waals surface area contributed by atoms with Gasteiger partial charge in [-0.25, -0.2) is 0 Å². The molecular formula is C14H15NO4. The van der Waals surface area contributed by atoms with Gasteiger partial charge in [0, 0.05) is 11.6 Å². The average Bonchev–Trinajstić information content (AvgIpc) is 2.42. The molecule has 0 aliphatic heterocycles. The predicted octanol–water partition coefficient (Wildman–Crippen LogP) is 1.02. The summed E-state index contributed by atoms with van der Waals surface area (Å²) in [4.78, 5) is 33.8. The first-order valence-corrected chi connectivity index (χ1v) is 5.66. The Balaban J connectivity index is 2.51. The fraction of sp³-hybridized carbons (Fsp3) is 0.214. The van der Waals surface area contributed by atoms with Gasteiger partial charge in [-0.1, -0.05) is 29.8 Å². The number of hydrogen-bond acceptors (Lipinski definition) is 4. The predicted molar refractivity (Wildman–Crippen MR) is 69.7 cm³/mol. The zero-order chi connectivity index (χ0) is 14.3. The van der Waals surface area contributed by atoms with Gasteiger partial charge in [0.15, 0.2) is 5.78 Å². The minimum atomic E-state index is -0.549. The summed E-state index contributed by atoms with van der Waals surface area (Å²) in [6, 6.07) is 7.01. The van der Waals surface area contributed by atoms with Crippen molar-refractivity contribution in [2.24, 2.45) is 0 Å². The fourth-order valence-corrected chi connectivity index (χ4v) is 1.26. The van der Waals surface area contributed by atoms with Gasteiger partial charge in [-0.2, -0.15) is 0 Å². The van der Waals surface area contributed by atoms with Gasteiger partial charge in [0.25, 0.3) is 0 Å². The smallest absolute Gasteiger partial charge is 0.325 e. The van der Waals surface area contributed by atoms with Crippen LogP contribution in [-0.2, 0) is 14.3 Å². The van der Waals surface area contributed by atoms with E-state index in [4.69, 9.17) is 0 Å². The maximum atomic E-state index is 11.7. The van der Waals surface area contributed by atoms with Crippen LogP contribution in [0.4, 0.5) is 0 Å². The minimum absolute atomic E-state index is 0.224. The first-order chi connectivity index (χ1) is 9.02. The van der Waals surface area contributed by atoms with Gasteiger partial charge in [0.05, 0.1) is 7.11 Å². The van der Waals surface area contributed by atoms with E-state index in [0.717, 1.165) is 17.7 Å². The molecular weight excluding hydrogens is 246 g/mol. The highest BCUT2D eigenvalue weighted by atomic mass is 16.5. The number of rotatable bonds is 5. The molecule has 100 valence electrons. The maximum absolute atomic E-state index is 11.7. The van der Waals surface area contributed by atoms with Crippen molar-refractivity contribution < 1.29 is 19.1 Å². The molecule has 0 spiro atoms. The van der Waals surface area contributed by atoms with Crippen LogP contribution in [-0.4, -0.2) is 31.3 Å². The van der Waals surface area contributed by atoms with E-state index in [1.54, 1.807) is 12.1 Å². The van der Waals surface area contributed by atoms with E-state index in [2.05, 4.69) is 10.1 Å². The van der Waals surface area contributed by atoms with E-state index < -0.39 is 11.9 Å². The molecule has 1 aromatic carbocycles. The Kier molecular flexibility index (Phi) is 5.47. The summed E-state index contributed by atoms with van der Waals surface area (Å²) in [5.74, 6) is -1.34. The number of ketones is 1. The molecule has 5 heteroatoms. The summed E-state index contributed by atoms with van der Waals surface area (Å²) >= 11 is 0. The second-order valence-corrected chi connectivity index (χ2v) is 3.86. The standard InChI is InChI=1S/C14H15NO4/c1-10-3-5-11(6-4-10)12(16)7-8-13(17)15-9-14(18)19-2/h3-8H,9H2,1-2H3,(H,15,17). The first kappa shape index (κ1) is 14.6. The number of hydrogen-bond donors (Lipinski definition) is 1. The van der Waals surface area contributed by atoms with Crippen molar-refractivity contribution in [2.75, 3.05) is 13.7 Å². The number of nitrogens with one attached hydrogen (secondary N) is 1. The SMILES string of the molecule is COC(=O)CNC(=O)C=CC(=O)c1ccc(C)cc1. The van der Waals surface area contributed by atoms with Crippen LogP contribution in [0.5, 0.6) is 0 Å². The van der Waals surface area contributed by atoms with Crippen molar-refractivity contribution in [1.82, 2.24) is 5.32 Å². The third kappa shape index (κ3) is 5.16. The lowest BCUT2D eigenvalue weighted by atomic mass is 10.1. The normalized spacial score (nSPS) is 10.2. The van der Waals surface area contributed by atoms with E-state index in [9.17, 15) is 14.4 Å². The molecule has 0 saturated heterocycles. The molecule has 1 N–H and O–H groups in total. The Morgan fingerprint density at radius 1 is 1.16 bits per heavy atom. The van der Waals surface area contributed by atoms with Crippen molar-refractivity contribution in [2.45, 2.75) is 6.92 Å². The fourth-order valence-electron chi connectivity index (χ4n) is 1.26. The molecule has 19 heavy (non-hydrogen) atoms. The Morgan fingerprint density at radius 3 is 2.37 bits per heavy atom. The maximum Gasteiger partial charge on any atom is 0.325 e. The number of allylic oxidation sites excluding steroid dienone is 1. The van der Waals surface area contributed by atoms with Gasteiger partial charge < -0.3 is 10.1 Å². The van der Waals surface area contributed by atoms with Gasteiger partial charge in [0.1, 0.15) is 6.54 Å².